The molecule has 3 aromatic heterocycles. The summed E-state index contributed by atoms with van der Waals surface area (Å²) < 4.78 is 7.74. The highest BCUT2D eigenvalue weighted by atomic mass is 16.3. The van der Waals surface area contributed by atoms with Crippen molar-refractivity contribution >= 4 is 27.9 Å². The molecule has 0 amide bonds. The SMILES string of the molecule is c1ccc2c(c1)oc1c(NCc3ccc(Cn4cncn4)cc3)ncnc12. The number of rotatable bonds is 5. The Hall–Kier alpha value is -3.74. The number of furan rings is 1. The van der Waals surface area contributed by atoms with Gasteiger partial charge in [-0.05, 0) is 23.3 Å². The molecule has 5 aromatic rings. The molecule has 27 heavy (non-hydrogen) atoms. The van der Waals surface area contributed by atoms with Gasteiger partial charge in [-0.3, -0.25) is 0 Å². The fourth-order valence-corrected chi connectivity index (χ4v) is 3.10. The maximum absolute atomic E-state index is 5.95. The van der Waals surface area contributed by atoms with Crippen LogP contribution >= 0.6 is 0 Å². The van der Waals surface area contributed by atoms with Crippen LogP contribution in [0.3, 0.4) is 0 Å². The molecule has 0 atom stereocenters. The molecule has 0 bridgehead atoms. The van der Waals surface area contributed by atoms with Gasteiger partial charge in [-0.15, -0.1) is 0 Å². The smallest absolute Gasteiger partial charge is 0.196 e. The lowest BCUT2D eigenvalue weighted by atomic mass is 10.1. The summed E-state index contributed by atoms with van der Waals surface area (Å²) in [6.45, 7) is 1.35. The van der Waals surface area contributed by atoms with E-state index in [1.54, 1.807) is 23.7 Å². The number of nitrogens with one attached hydrogen (secondary N) is 1. The maximum atomic E-state index is 5.95. The molecular formula is C20H16N6O. The first-order valence-electron chi connectivity index (χ1n) is 8.63. The summed E-state index contributed by atoms with van der Waals surface area (Å²) in [5.41, 5.74) is 4.65. The minimum absolute atomic E-state index is 0.646. The first-order valence-corrected chi connectivity index (χ1v) is 8.63. The molecule has 0 radical (unpaired) electrons. The summed E-state index contributed by atoms with van der Waals surface area (Å²) in [4.78, 5) is 12.7. The van der Waals surface area contributed by atoms with Gasteiger partial charge in [0.15, 0.2) is 11.4 Å². The van der Waals surface area contributed by atoms with E-state index in [1.165, 1.54) is 5.56 Å². The van der Waals surface area contributed by atoms with Gasteiger partial charge in [0.25, 0.3) is 0 Å². The summed E-state index contributed by atoms with van der Waals surface area (Å²) in [6, 6.07) is 16.2. The number of para-hydroxylation sites is 1. The van der Waals surface area contributed by atoms with Crippen molar-refractivity contribution < 1.29 is 4.42 Å². The van der Waals surface area contributed by atoms with E-state index in [1.807, 2.05) is 24.3 Å². The standard InChI is InChI=1S/C20H16N6O/c1-2-4-17-16(3-1)18-19(27-17)20(24-12-23-18)22-9-14-5-7-15(8-6-14)10-26-13-21-11-25-26/h1-8,11-13H,9-10H2,(H,22,23,24). The molecule has 0 fully saturated rings. The van der Waals surface area contributed by atoms with Crippen molar-refractivity contribution in [3.63, 3.8) is 0 Å². The summed E-state index contributed by atoms with van der Waals surface area (Å²) in [7, 11) is 0. The van der Waals surface area contributed by atoms with Crippen molar-refractivity contribution in [3.8, 4) is 0 Å². The fourth-order valence-electron chi connectivity index (χ4n) is 3.10. The van der Waals surface area contributed by atoms with Crippen molar-refractivity contribution in [2.24, 2.45) is 0 Å². The lowest BCUT2D eigenvalue weighted by Gasteiger charge is -2.07. The van der Waals surface area contributed by atoms with Crippen molar-refractivity contribution in [2.75, 3.05) is 5.32 Å². The molecule has 132 valence electrons. The Morgan fingerprint density at radius 3 is 2.63 bits per heavy atom. The van der Waals surface area contributed by atoms with Crippen LogP contribution < -0.4 is 5.32 Å². The molecule has 0 saturated heterocycles. The van der Waals surface area contributed by atoms with E-state index in [0.29, 0.717) is 24.5 Å². The monoisotopic (exact) mass is 356 g/mol. The van der Waals surface area contributed by atoms with Gasteiger partial charge < -0.3 is 9.73 Å². The lowest BCUT2D eigenvalue weighted by Crippen LogP contribution is -2.03. The van der Waals surface area contributed by atoms with Gasteiger partial charge in [-0.25, -0.2) is 19.6 Å². The van der Waals surface area contributed by atoms with Crippen LogP contribution in [0.2, 0.25) is 0 Å². The van der Waals surface area contributed by atoms with Gasteiger partial charge in [-0.2, -0.15) is 5.10 Å². The topological polar surface area (TPSA) is 81.7 Å². The highest BCUT2D eigenvalue weighted by molar-refractivity contribution is 6.05. The van der Waals surface area contributed by atoms with E-state index in [0.717, 1.165) is 22.0 Å². The first kappa shape index (κ1) is 15.5. The second-order valence-electron chi connectivity index (χ2n) is 6.26. The Morgan fingerprint density at radius 2 is 1.78 bits per heavy atom. The Labute approximate surface area is 154 Å². The van der Waals surface area contributed by atoms with Crippen molar-refractivity contribution in [1.82, 2.24) is 24.7 Å². The second kappa shape index (κ2) is 6.53. The molecule has 2 aromatic carbocycles. The number of hydrogen-bond acceptors (Lipinski definition) is 6. The molecule has 0 aliphatic rings. The van der Waals surface area contributed by atoms with Crippen LogP contribution in [0, 0.1) is 0 Å². The van der Waals surface area contributed by atoms with Crippen LogP contribution in [-0.4, -0.2) is 24.7 Å². The zero-order valence-corrected chi connectivity index (χ0v) is 14.4. The van der Waals surface area contributed by atoms with E-state index in [9.17, 15) is 0 Å². The number of benzene rings is 2. The summed E-state index contributed by atoms with van der Waals surface area (Å²) >= 11 is 0. The molecule has 3 heterocycles. The van der Waals surface area contributed by atoms with E-state index in [4.69, 9.17) is 4.42 Å². The number of hydrogen-bond donors (Lipinski definition) is 1. The summed E-state index contributed by atoms with van der Waals surface area (Å²) in [5, 5.41) is 8.48. The third-order valence-electron chi connectivity index (χ3n) is 4.45. The van der Waals surface area contributed by atoms with E-state index >= 15 is 0 Å². The molecule has 7 nitrogen and oxygen atoms in total. The van der Waals surface area contributed by atoms with E-state index in [2.05, 4.69) is 49.6 Å². The highest BCUT2D eigenvalue weighted by Gasteiger charge is 2.12. The minimum atomic E-state index is 0.646. The van der Waals surface area contributed by atoms with Crippen molar-refractivity contribution in [3.05, 3.63) is 78.6 Å². The van der Waals surface area contributed by atoms with E-state index in [-0.39, 0.29) is 0 Å². The normalized spacial score (nSPS) is 11.3. The van der Waals surface area contributed by atoms with Crippen LogP contribution in [0.4, 0.5) is 5.82 Å². The van der Waals surface area contributed by atoms with Crippen LogP contribution in [0.15, 0.2) is 71.9 Å². The Balaban J connectivity index is 1.35. The van der Waals surface area contributed by atoms with Crippen LogP contribution in [0.5, 0.6) is 0 Å². The molecule has 0 unspecified atom stereocenters. The number of nitrogens with zero attached hydrogens (tertiary/aromatic N) is 5. The molecule has 5 rings (SSSR count). The predicted molar refractivity (Wildman–Crippen MR) is 102 cm³/mol. The quantitative estimate of drug-likeness (QED) is 0.518. The second-order valence-corrected chi connectivity index (χ2v) is 6.26. The number of anilines is 1. The molecule has 0 spiro atoms. The summed E-state index contributed by atoms with van der Waals surface area (Å²) in [5.74, 6) is 0.697. The molecular weight excluding hydrogens is 340 g/mol. The average Bonchev–Trinajstić information content (AvgIpc) is 3.35. The predicted octanol–water partition coefficient (Wildman–Crippen LogP) is 3.63. The fraction of sp³-hybridized carbons (Fsp3) is 0.100. The van der Waals surface area contributed by atoms with Crippen LogP contribution in [0.1, 0.15) is 11.1 Å². The van der Waals surface area contributed by atoms with Crippen LogP contribution in [0.25, 0.3) is 22.1 Å². The van der Waals surface area contributed by atoms with Crippen LogP contribution in [-0.2, 0) is 13.1 Å². The minimum Gasteiger partial charge on any atom is -0.450 e. The maximum Gasteiger partial charge on any atom is 0.196 e. The first-order chi connectivity index (χ1) is 13.4. The van der Waals surface area contributed by atoms with Gasteiger partial charge in [0.05, 0.1) is 6.54 Å². The van der Waals surface area contributed by atoms with Crippen molar-refractivity contribution in [2.45, 2.75) is 13.1 Å². The Kier molecular flexibility index (Phi) is 3.75. The summed E-state index contributed by atoms with van der Waals surface area (Å²) in [6.07, 6.45) is 4.82. The molecule has 7 heteroatoms. The van der Waals surface area contributed by atoms with Gasteiger partial charge in [-0.1, -0.05) is 36.4 Å². The zero-order chi connectivity index (χ0) is 18.1. The highest BCUT2D eigenvalue weighted by Crippen LogP contribution is 2.30. The molecule has 1 N–H and O–H groups in total. The van der Waals surface area contributed by atoms with Crippen molar-refractivity contribution in [1.29, 1.82) is 0 Å². The zero-order valence-electron chi connectivity index (χ0n) is 14.4. The number of fused-ring (bicyclic) bond motifs is 3. The lowest BCUT2D eigenvalue weighted by molar-refractivity contribution is 0.666. The number of aromatic nitrogens is 5. The molecule has 0 saturated carbocycles. The van der Waals surface area contributed by atoms with Gasteiger partial charge in [0.2, 0.25) is 0 Å². The van der Waals surface area contributed by atoms with Gasteiger partial charge >= 0.3 is 0 Å². The van der Waals surface area contributed by atoms with E-state index < -0.39 is 0 Å². The largest absolute Gasteiger partial charge is 0.450 e. The van der Waals surface area contributed by atoms with Gasteiger partial charge in [0.1, 0.15) is 30.1 Å². The Morgan fingerprint density at radius 1 is 0.926 bits per heavy atom. The third kappa shape index (κ3) is 2.99. The molecule has 0 aliphatic carbocycles. The Bertz CT molecular complexity index is 1190. The van der Waals surface area contributed by atoms with Gasteiger partial charge in [0, 0.05) is 11.9 Å². The average molecular weight is 356 g/mol. The third-order valence-corrected chi connectivity index (χ3v) is 4.45. The molecule has 0 aliphatic heterocycles.